The van der Waals surface area contributed by atoms with Crippen LogP contribution in [0.3, 0.4) is 0 Å². The summed E-state index contributed by atoms with van der Waals surface area (Å²) in [6.45, 7) is 0.707. The van der Waals surface area contributed by atoms with Gasteiger partial charge in [-0.3, -0.25) is 0 Å². The van der Waals surface area contributed by atoms with Crippen molar-refractivity contribution in [2.45, 2.75) is 6.54 Å². The van der Waals surface area contributed by atoms with Gasteiger partial charge in [-0.2, -0.15) is 5.10 Å². The summed E-state index contributed by atoms with van der Waals surface area (Å²) in [6.07, 6.45) is 1.71. The van der Waals surface area contributed by atoms with E-state index in [1.807, 2.05) is 18.2 Å². The summed E-state index contributed by atoms with van der Waals surface area (Å²) in [5.74, 6) is 0.661. The Morgan fingerprint density at radius 3 is 2.57 bits per heavy atom. The smallest absolute Gasteiger partial charge is 0.136 e. The van der Waals surface area contributed by atoms with Crippen molar-refractivity contribution in [3.8, 4) is 0 Å². The molecule has 1 heterocycles. The highest BCUT2D eigenvalue weighted by Crippen LogP contribution is 2.18. The van der Waals surface area contributed by atoms with Gasteiger partial charge in [-0.1, -0.05) is 30.3 Å². The highest BCUT2D eigenvalue weighted by molar-refractivity contribution is 9.10. The van der Waals surface area contributed by atoms with Gasteiger partial charge in [0.05, 0.1) is 17.2 Å². The van der Waals surface area contributed by atoms with Crippen LogP contribution in [0.5, 0.6) is 0 Å². The fourth-order valence-corrected chi connectivity index (χ4v) is 1.55. The van der Waals surface area contributed by atoms with Crippen LogP contribution in [0.2, 0.25) is 0 Å². The minimum atomic E-state index is 0.661. The lowest BCUT2D eigenvalue weighted by Crippen LogP contribution is -2.05. The Morgan fingerprint density at radius 1 is 1.29 bits per heavy atom. The summed E-state index contributed by atoms with van der Waals surface area (Å²) < 4.78 is 2.60. The monoisotopic (exact) mass is 251 g/mol. The number of anilines is 1. The molecular formula is C10H10BrN3. The maximum Gasteiger partial charge on any atom is 0.136 e. The molecule has 1 aromatic heterocycles. The van der Waals surface area contributed by atoms with Crippen molar-refractivity contribution in [3.05, 3.63) is 46.6 Å². The van der Waals surface area contributed by atoms with Gasteiger partial charge in [0, 0.05) is 0 Å². The molecule has 0 saturated carbocycles. The molecule has 3 nitrogen and oxygen atoms in total. The van der Waals surface area contributed by atoms with Crippen LogP contribution in [0.4, 0.5) is 5.82 Å². The molecule has 0 aliphatic rings. The number of rotatable bonds is 2. The van der Waals surface area contributed by atoms with Crippen molar-refractivity contribution in [2.75, 3.05) is 5.73 Å². The van der Waals surface area contributed by atoms with Gasteiger partial charge in [-0.25, -0.2) is 4.68 Å². The molecule has 0 fully saturated rings. The maximum absolute atomic E-state index is 5.80. The quantitative estimate of drug-likeness (QED) is 0.890. The van der Waals surface area contributed by atoms with E-state index in [2.05, 4.69) is 33.2 Å². The van der Waals surface area contributed by atoms with E-state index in [9.17, 15) is 0 Å². The standard InChI is InChI=1S/C10H10BrN3/c11-9-6-13-14(10(9)12)7-8-4-2-1-3-5-8/h1-6H,7,12H2. The third kappa shape index (κ3) is 1.80. The Hall–Kier alpha value is -1.29. The average Bonchev–Trinajstić information content (AvgIpc) is 2.52. The van der Waals surface area contributed by atoms with Crippen molar-refractivity contribution in [1.29, 1.82) is 0 Å². The lowest BCUT2D eigenvalue weighted by molar-refractivity contribution is 0.697. The molecule has 2 rings (SSSR count). The molecule has 0 aliphatic carbocycles. The van der Waals surface area contributed by atoms with Crippen molar-refractivity contribution in [2.24, 2.45) is 0 Å². The minimum absolute atomic E-state index is 0.661. The SMILES string of the molecule is Nc1c(Br)cnn1Cc1ccccc1. The van der Waals surface area contributed by atoms with E-state index in [0.29, 0.717) is 12.4 Å². The van der Waals surface area contributed by atoms with Crippen LogP contribution in [0.15, 0.2) is 41.0 Å². The summed E-state index contributed by atoms with van der Waals surface area (Å²) in [5, 5.41) is 4.16. The fourth-order valence-electron chi connectivity index (χ4n) is 1.25. The number of halogens is 1. The lowest BCUT2D eigenvalue weighted by atomic mass is 10.2. The summed E-state index contributed by atoms with van der Waals surface area (Å²) in [7, 11) is 0. The number of nitrogens with two attached hydrogens (primary N) is 1. The zero-order valence-corrected chi connectivity index (χ0v) is 9.11. The van der Waals surface area contributed by atoms with Crippen LogP contribution in [-0.4, -0.2) is 9.78 Å². The topological polar surface area (TPSA) is 43.8 Å². The van der Waals surface area contributed by atoms with Crippen molar-refractivity contribution in [1.82, 2.24) is 9.78 Å². The molecular weight excluding hydrogens is 242 g/mol. The van der Waals surface area contributed by atoms with E-state index in [1.165, 1.54) is 5.56 Å². The van der Waals surface area contributed by atoms with E-state index in [1.54, 1.807) is 10.9 Å². The van der Waals surface area contributed by atoms with Crippen molar-refractivity contribution in [3.63, 3.8) is 0 Å². The second kappa shape index (κ2) is 3.84. The Morgan fingerprint density at radius 2 is 2.00 bits per heavy atom. The van der Waals surface area contributed by atoms with Crippen molar-refractivity contribution >= 4 is 21.7 Å². The molecule has 0 bridgehead atoms. The first-order valence-corrected chi connectivity index (χ1v) is 5.07. The number of nitrogen functional groups attached to an aromatic ring is 1. The molecule has 0 radical (unpaired) electrons. The predicted molar refractivity (Wildman–Crippen MR) is 59.9 cm³/mol. The van der Waals surface area contributed by atoms with Gasteiger partial charge in [-0.05, 0) is 21.5 Å². The Balaban J connectivity index is 2.23. The molecule has 0 aliphatic heterocycles. The van der Waals surface area contributed by atoms with Gasteiger partial charge >= 0.3 is 0 Å². The zero-order valence-electron chi connectivity index (χ0n) is 7.52. The molecule has 2 aromatic rings. The van der Waals surface area contributed by atoms with Gasteiger partial charge in [-0.15, -0.1) is 0 Å². The third-order valence-electron chi connectivity index (χ3n) is 2.01. The average molecular weight is 252 g/mol. The van der Waals surface area contributed by atoms with E-state index < -0.39 is 0 Å². The first-order chi connectivity index (χ1) is 6.77. The first kappa shape index (κ1) is 9.27. The van der Waals surface area contributed by atoms with E-state index in [-0.39, 0.29) is 0 Å². The van der Waals surface area contributed by atoms with E-state index in [4.69, 9.17) is 5.73 Å². The largest absolute Gasteiger partial charge is 0.383 e. The van der Waals surface area contributed by atoms with Gasteiger partial charge < -0.3 is 5.73 Å². The highest BCUT2D eigenvalue weighted by atomic mass is 79.9. The normalized spacial score (nSPS) is 10.4. The van der Waals surface area contributed by atoms with E-state index in [0.717, 1.165) is 4.47 Å². The first-order valence-electron chi connectivity index (χ1n) is 4.28. The minimum Gasteiger partial charge on any atom is -0.383 e. The lowest BCUT2D eigenvalue weighted by Gasteiger charge is -2.03. The molecule has 1 aromatic carbocycles. The van der Waals surface area contributed by atoms with Gasteiger partial charge in [0.15, 0.2) is 0 Å². The van der Waals surface area contributed by atoms with Crippen LogP contribution < -0.4 is 5.73 Å². The summed E-state index contributed by atoms with van der Waals surface area (Å²) in [4.78, 5) is 0. The van der Waals surface area contributed by atoms with Crippen LogP contribution in [-0.2, 0) is 6.54 Å². The molecule has 0 atom stereocenters. The Kier molecular flexibility index (Phi) is 2.54. The van der Waals surface area contributed by atoms with Crippen LogP contribution in [0.1, 0.15) is 5.56 Å². The third-order valence-corrected chi connectivity index (χ3v) is 2.62. The molecule has 0 amide bonds. The van der Waals surface area contributed by atoms with Gasteiger partial charge in [0.25, 0.3) is 0 Å². The molecule has 0 saturated heterocycles. The summed E-state index contributed by atoms with van der Waals surface area (Å²) in [6, 6.07) is 10.1. The highest BCUT2D eigenvalue weighted by Gasteiger charge is 2.03. The molecule has 14 heavy (non-hydrogen) atoms. The van der Waals surface area contributed by atoms with Crippen LogP contribution >= 0.6 is 15.9 Å². The fraction of sp³-hybridized carbons (Fsp3) is 0.100. The van der Waals surface area contributed by atoms with Crippen LogP contribution in [0, 0.1) is 0 Å². The van der Waals surface area contributed by atoms with Crippen LogP contribution in [0.25, 0.3) is 0 Å². The molecule has 0 spiro atoms. The van der Waals surface area contributed by atoms with E-state index >= 15 is 0 Å². The Bertz CT molecular complexity index is 422. The molecule has 4 heteroatoms. The number of benzene rings is 1. The summed E-state index contributed by atoms with van der Waals surface area (Å²) >= 11 is 3.32. The molecule has 72 valence electrons. The second-order valence-corrected chi connectivity index (χ2v) is 3.88. The van der Waals surface area contributed by atoms with Gasteiger partial charge in [0.2, 0.25) is 0 Å². The summed E-state index contributed by atoms with van der Waals surface area (Å²) in [5.41, 5.74) is 6.99. The predicted octanol–water partition coefficient (Wildman–Crippen LogP) is 2.28. The Labute approximate surface area is 90.7 Å². The number of hydrogen-bond acceptors (Lipinski definition) is 2. The number of nitrogens with zero attached hydrogens (tertiary/aromatic N) is 2. The second-order valence-electron chi connectivity index (χ2n) is 3.02. The van der Waals surface area contributed by atoms with Gasteiger partial charge in [0.1, 0.15) is 5.82 Å². The maximum atomic E-state index is 5.80. The number of hydrogen-bond donors (Lipinski definition) is 1. The zero-order chi connectivity index (χ0) is 9.97. The molecule has 0 unspecified atom stereocenters. The number of aromatic nitrogens is 2. The molecule has 2 N–H and O–H groups in total. The van der Waals surface area contributed by atoms with Crippen molar-refractivity contribution < 1.29 is 0 Å².